The Morgan fingerprint density at radius 2 is 2.00 bits per heavy atom. The summed E-state index contributed by atoms with van der Waals surface area (Å²) < 4.78 is 0. The Morgan fingerprint density at radius 3 is 2.65 bits per heavy atom. The molecule has 2 aromatic rings. The van der Waals surface area contributed by atoms with Crippen LogP contribution in [0.15, 0.2) is 47.8 Å². The van der Waals surface area contributed by atoms with Crippen LogP contribution in [0, 0.1) is 0 Å². The molecule has 4 heteroatoms. The number of carbonyl (C=O) groups excluding carboxylic acids is 1. The minimum absolute atomic E-state index is 0.00501. The molecule has 1 aromatic heterocycles. The smallest absolute Gasteiger partial charge is 0.222 e. The molecule has 1 amide bonds. The summed E-state index contributed by atoms with van der Waals surface area (Å²) in [6, 6.07) is 13.7. The molecule has 0 aliphatic carbocycles. The van der Waals surface area contributed by atoms with Gasteiger partial charge in [0.05, 0.1) is 0 Å². The molecule has 0 fully saturated rings. The molecular weight excluding hydrogens is 268 g/mol. The third kappa shape index (κ3) is 4.47. The highest BCUT2D eigenvalue weighted by Crippen LogP contribution is 2.14. The standard InChI is InChI=1S/C16H20N2OS/c1-12(10-14-8-5-9-20-14)18-16(19)11-15(17)13-6-3-2-4-7-13/h2-9,12,15H,10-11,17H2,1H3,(H,18,19)/t12-,15-/m0/s1. The first-order valence-electron chi connectivity index (χ1n) is 6.77. The average Bonchev–Trinajstić information content (AvgIpc) is 2.92. The third-order valence-corrected chi connectivity index (χ3v) is 4.03. The monoisotopic (exact) mass is 288 g/mol. The minimum Gasteiger partial charge on any atom is -0.353 e. The van der Waals surface area contributed by atoms with Crippen LogP contribution in [0.5, 0.6) is 0 Å². The van der Waals surface area contributed by atoms with Crippen LogP contribution in [0.2, 0.25) is 0 Å². The molecule has 0 spiro atoms. The minimum atomic E-state index is -0.245. The topological polar surface area (TPSA) is 55.1 Å². The van der Waals surface area contributed by atoms with Gasteiger partial charge in [-0.3, -0.25) is 4.79 Å². The van der Waals surface area contributed by atoms with E-state index in [4.69, 9.17) is 5.73 Å². The molecular formula is C16H20N2OS. The predicted octanol–water partition coefficient (Wildman–Crippen LogP) is 2.89. The Bertz CT molecular complexity index is 525. The molecule has 0 saturated carbocycles. The van der Waals surface area contributed by atoms with Crippen LogP contribution in [0.3, 0.4) is 0 Å². The van der Waals surface area contributed by atoms with Crippen molar-refractivity contribution in [2.24, 2.45) is 5.73 Å². The van der Waals surface area contributed by atoms with Gasteiger partial charge in [0, 0.05) is 29.8 Å². The Labute approximate surface area is 123 Å². The number of carbonyl (C=O) groups is 1. The van der Waals surface area contributed by atoms with Gasteiger partial charge in [-0.15, -0.1) is 11.3 Å². The van der Waals surface area contributed by atoms with E-state index >= 15 is 0 Å². The van der Waals surface area contributed by atoms with Gasteiger partial charge in [-0.25, -0.2) is 0 Å². The Balaban J connectivity index is 1.80. The lowest BCUT2D eigenvalue weighted by Gasteiger charge is -2.16. The highest BCUT2D eigenvalue weighted by atomic mass is 32.1. The fraction of sp³-hybridized carbons (Fsp3) is 0.312. The van der Waals surface area contributed by atoms with Crippen molar-refractivity contribution in [1.29, 1.82) is 0 Å². The van der Waals surface area contributed by atoms with Crippen molar-refractivity contribution in [3.8, 4) is 0 Å². The number of hydrogen-bond donors (Lipinski definition) is 2. The molecule has 2 atom stereocenters. The fourth-order valence-electron chi connectivity index (χ4n) is 2.13. The van der Waals surface area contributed by atoms with E-state index in [0.29, 0.717) is 6.42 Å². The summed E-state index contributed by atoms with van der Waals surface area (Å²) in [5.41, 5.74) is 7.04. The third-order valence-electron chi connectivity index (χ3n) is 3.13. The van der Waals surface area contributed by atoms with Gasteiger partial charge >= 0.3 is 0 Å². The summed E-state index contributed by atoms with van der Waals surface area (Å²) in [7, 11) is 0. The summed E-state index contributed by atoms with van der Waals surface area (Å²) in [5.74, 6) is 0.00501. The maximum absolute atomic E-state index is 12.0. The molecule has 20 heavy (non-hydrogen) atoms. The zero-order valence-electron chi connectivity index (χ0n) is 11.6. The zero-order chi connectivity index (χ0) is 14.4. The van der Waals surface area contributed by atoms with Crippen molar-refractivity contribution in [2.75, 3.05) is 0 Å². The van der Waals surface area contributed by atoms with Crippen molar-refractivity contribution in [3.05, 3.63) is 58.3 Å². The summed E-state index contributed by atoms with van der Waals surface area (Å²) in [6.07, 6.45) is 1.18. The van der Waals surface area contributed by atoms with Crippen LogP contribution in [0.1, 0.15) is 29.8 Å². The summed E-state index contributed by atoms with van der Waals surface area (Å²) in [6.45, 7) is 2.02. The van der Waals surface area contributed by atoms with Gasteiger partial charge in [0.25, 0.3) is 0 Å². The quantitative estimate of drug-likeness (QED) is 0.858. The molecule has 0 radical (unpaired) electrons. The largest absolute Gasteiger partial charge is 0.353 e. The van der Waals surface area contributed by atoms with Crippen molar-refractivity contribution in [1.82, 2.24) is 5.32 Å². The highest BCUT2D eigenvalue weighted by molar-refractivity contribution is 7.09. The molecule has 0 bridgehead atoms. The predicted molar refractivity (Wildman–Crippen MR) is 83.6 cm³/mol. The number of nitrogens with two attached hydrogens (primary N) is 1. The average molecular weight is 288 g/mol. The van der Waals surface area contributed by atoms with Crippen LogP contribution < -0.4 is 11.1 Å². The molecule has 0 aliphatic heterocycles. The number of hydrogen-bond acceptors (Lipinski definition) is 3. The lowest BCUT2D eigenvalue weighted by atomic mass is 10.0. The van der Waals surface area contributed by atoms with Crippen LogP contribution in [0.25, 0.3) is 0 Å². The van der Waals surface area contributed by atoms with Gasteiger partial charge in [0.2, 0.25) is 5.91 Å². The lowest BCUT2D eigenvalue weighted by molar-refractivity contribution is -0.122. The first-order chi connectivity index (χ1) is 9.65. The van der Waals surface area contributed by atoms with Gasteiger partial charge in [-0.1, -0.05) is 36.4 Å². The van der Waals surface area contributed by atoms with E-state index < -0.39 is 0 Å². The number of nitrogens with one attached hydrogen (secondary N) is 1. The molecule has 106 valence electrons. The van der Waals surface area contributed by atoms with Gasteiger partial charge in [-0.2, -0.15) is 0 Å². The van der Waals surface area contributed by atoms with Crippen molar-refractivity contribution in [2.45, 2.75) is 31.8 Å². The highest BCUT2D eigenvalue weighted by Gasteiger charge is 2.13. The van der Waals surface area contributed by atoms with Crippen LogP contribution in [-0.2, 0) is 11.2 Å². The number of thiophene rings is 1. The normalized spacial score (nSPS) is 13.7. The summed E-state index contributed by atoms with van der Waals surface area (Å²) in [5, 5.41) is 5.06. The van der Waals surface area contributed by atoms with Gasteiger partial charge in [0.1, 0.15) is 0 Å². The van der Waals surface area contributed by atoms with E-state index in [0.717, 1.165) is 12.0 Å². The Morgan fingerprint density at radius 1 is 1.25 bits per heavy atom. The molecule has 2 rings (SSSR count). The van der Waals surface area contributed by atoms with Gasteiger partial charge in [0.15, 0.2) is 0 Å². The van der Waals surface area contributed by atoms with Crippen molar-refractivity contribution >= 4 is 17.2 Å². The number of rotatable bonds is 6. The van der Waals surface area contributed by atoms with Gasteiger partial charge < -0.3 is 11.1 Å². The maximum atomic E-state index is 12.0. The lowest BCUT2D eigenvalue weighted by Crippen LogP contribution is -2.35. The molecule has 0 aliphatic rings. The van der Waals surface area contributed by atoms with E-state index in [2.05, 4.69) is 16.8 Å². The Kier molecular flexibility index (Phi) is 5.32. The molecule has 3 N–H and O–H groups in total. The maximum Gasteiger partial charge on any atom is 0.222 e. The van der Waals surface area contributed by atoms with E-state index in [1.165, 1.54) is 4.88 Å². The van der Waals surface area contributed by atoms with E-state index in [1.54, 1.807) is 11.3 Å². The molecule has 0 unspecified atom stereocenters. The van der Waals surface area contributed by atoms with E-state index in [9.17, 15) is 4.79 Å². The molecule has 1 aromatic carbocycles. The first-order valence-corrected chi connectivity index (χ1v) is 7.65. The van der Waals surface area contributed by atoms with E-state index in [1.807, 2.05) is 43.3 Å². The van der Waals surface area contributed by atoms with Crippen LogP contribution in [0.4, 0.5) is 0 Å². The van der Waals surface area contributed by atoms with Crippen LogP contribution in [-0.4, -0.2) is 11.9 Å². The number of amides is 1. The fourth-order valence-corrected chi connectivity index (χ4v) is 2.97. The van der Waals surface area contributed by atoms with E-state index in [-0.39, 0.29) is 18.0 Å². The number of benzene rings is 1. The van der Waals surface area contributed by atoms with Crippen molar-refractivity contribution < 1.29 is 4.79 Å². The zero-order valence-corrected chi connectivity index (χ0v) is 12.4. The second-order valence-electron chi connectivity index (χ2n) is 4.97. The molecule has 1 heterocycles. The summed E-state index contributed by atoms with van der Waals surface area (Å²) in [4.78, 5) is 13.3. The molecule has 3 nitrogen and oxygen atoms in total. The van der Waals surface area contributed by atoms with Crippen LogP contribution >= 0.6 is 11.3 Å². The SMILES string of the molecule is C[C@@H](Cc1cccs1)NC(=O)C[C@H](N)c1ccccc1. The van der Waals surface area contributed by atoms with Gasteiger partial charge in [-0.05, 0) is 23.9 Å². The molecule has 0 saturated heterocycles. The Hall–Kier alpha value is -1.65. The first kappa shape index (κ1) is 14.8. The second-order valence-corrected chi connectivity index (χ2v) is 6.01. The summed E-state index contributed by atoms with van der Waals surface area (Å²) >= 11 is 1.71. The second kappa shape index (κ2) is 7.22. The van der Waals surface area contributed by atoms with Crippen molar-refractivity contribution in [3.63, 3.8) is 0 Å².